The van der Waals surface area contributed by atoms with E-state index in [1.807, 2.05) is 39.8 Å². The van der Waals surface area contributed by atoms with Crippen molar-refractivity contribution in [1.29, 1.82) is 0 Å². The lowest BCUT2D eigenvalue weighted by atomic mass is 10.0. The summed E-state index contributed by atoms with van der Waals surface area (Å²) in [5.74, 6) is -0.192. The predicted octanol–water partition coefficient (Wildman–Crippen LogP) is 3.82. The molecule has 2 aliphatic heterocycles. The van der Waals surface area contributed by atoms with Gasteiger partial charge in [0.15, 0.2) is 0 Å². The molecular formula is C29H34N4O2. The SMILES string of the molecule is CCc1c(/C=c2/[nH]/c(=C/C3=NC(=O)C(C)=C3C)c(C)c2CC)[nH]c(/C=C2/NC(=O)C(C)=C2C)c1C. The van der Waals surface area contributed by atoms with Gasteiger partial charge in [-0.15, -0.1) is 0 Å². The molecule has 182 valence electrons. The Bertz CT molecular complexity index is 1520. The van der Waals surface area contributed by atoms with Crippen LogP contribution in [0.2, 0.25) is 0 Å². The van der Waals surface area contributed by atoms with Crippen LogP contribution in [0.1, 0.15) is 75.2 Å². The average molecular weight is 471 g/mol. The Labute approximate surface area is 206 Å². The van der Waals surface area contributed by atoms with E-state index in [-0.39, 0.29) is 11.8 Å². The van der Waals surface area contributed by atoms with Crippen molar-refractivity contribution in [3.05, 3.63) is 72.3 Å². The molecule has 6 nitrogen and oxygen atoms in total. The highest BCUT2D eigenvalue weighted by Gasteiger charge is 2.22. The van der Waals surface area contributed by atoms with Gasteiger partial charge in [-0.05, 0) is 106 Å². The minimum Gasteiger partial charge on any atom is -0.355 e. The predicted molar refractivity (Wildman–Crippen MR) is 142 cm³/mol. The standard InChI is InChI=1S/C29H34N4O2/c1-9-20-18(7)24(11-22-14(3)16(5)28(34)32-22)30-26(20)13-27-21(10-2)19(8)25(31-27)12-23-15(4)17(6)29(35)33-23/h11-13,30-31H,9-10H2,1-8H3,(H,32,34)/b22-11+,25-12+,27-13+. The Hall–Kier alpha value is -3.67. The van der Waals surface area contributed by atoms with Gasteiger partial charge in [0.2, 0.25) is 0 Å². The molecule has 0 spiro atoms. The van der Waals surface area contributed by atoms with Crippen molar-refractivity contribution in [3.8, 4) is 0 Å². The van der Waals surface area contributed by atoms with Gasteiger partial charge in [-0.2, -0.15) is 0 Å². The van der Waals surface area contributed by atoms with E-state index in [0.29, 0.717) is 5.57 Å². The normalized spacial score (nSPS) is 18.6. The second kappa shape index (κ2) is 9.17. The lowest BCUT2D eigenvalue weighted by molar-refractivity contribution is -0.116. The summed E-state index contributed by atoms with van der Waals surface area (Å²) in [6, 6.07) is 0. The number of hydrogen-bond donors (Lipinski definition) is 3. The van der Waals surface area contributed by atoms with Crippen molar-refractivity contribution >= 4 is 35.8 Å². The van der Waals surface area contributed by atoms with E-state index >= 15 is 0 Å². The Balaban J connectivity index is 1.84. The first-order valence-corrected chi connectivity index (χ1v) is 12.2. The maximum atomic E-state index is 12.1. The number of carbonyl (C=O) groups is 2. The molecule has 0 saturated carbocycles. The number of allylic oxidation sites excluding steroid dienone is 2. The van der Waals surface area contributed by atoms with Gasteiger partial charge in [0, 0.05) is 38.9 Å². The van der Waals surface area contributed by atoms with Gasteiger partial charge in [0.25, 0.3) is 11.8 Å². The zero-order valence-electron chi connectivity index (χ0n) is 21.9. The number of carbonyl (C=O) groups excluding carboxylic acids is 2. The van der Waals surface area contributed by atoms with Crippen molar-refractivity contribution in [2.75, 3.05) is 0 Å². The lowest BCUT2D eigenvalue weighted by Crippen LogP contribution is -2.15. The number of rotatable bonds is 5. The molecule has 6 heteroatoms. The van der Waals surface area contributed by atoms with Crippen molar-refractivity contribution in [2.24, 2.45) is 4.99 Å². The van der Waals surface area contributed by atoms with Crippen LogP contribution in [0.25, 0.3) is 18.2 Å². The number of aromatic amines is 2. The molecule has 0 atom stereocenters. The van der Waals surface area contributed by atoms with E-state index in [2.05, 4.69) is 54.0 Å². The fraction of sp³-hybridized carbons (Fsp3) is 0.345. The molecule has 3 N–H and O–H groups in total. The molecule has 2 amide bonds. The van der Waals surface area contributed by atoms with Gasteiger partial charge in [-0.25, -0.2) is 4.99 Å². The number of aliphatic imine (C=N–C) groups is 1. The molecule has 4 rings (SSSR count). The molecule has 0 aliphatic carbocycles. The minimum absolute atomic E-state index is 0.0347. The molecule has 0 bridgehead atoms. The zero-order chi connectivity index (χ0) is 25.6. The van der Waals surface area contributed by atoms with E-state index in [4.69, 9.17) is 0 Å². The van der Waals surface area contributed by atoms with Crippen LogP contribution < -0.4 is 16.0 Å². The lowest BCUT2D eigenvalue weighted by Gasteiger charge is -2.01. The Kier molecular flexibility index (Phi) is 6.41. The first-order chi connectivity index (χ1) is 16.6. The molecule has 35 heavy (non-hydrogen) atoms. The Morgan fingerprint density at radius 2 is 1.37 bits per heavy atom. The first-order valence-electron chi connectivity index (χ1n) is 12.2. The second-order valence-corrected chi connectivity index (χ2v) is 9.42. The second-order valence-electron chi connectivity index (χ2n) is 9.42. The van der Waals surface area contributed by atoms with Crippen LogP contribution in [0.15, 0.2) is 33.0 Å². The van der Waals surface area contributed by atoms with Gasteiger partial charge in [-0.3, -0.25) is 9.59 Å². The summed E-state index contributed by atoms with van der Waals surface area (Å²) in [5.41, 5.74) is 11.8. The van der Waals surface area contributed by atoms with Crippen LogP contribution in [0.5, 0.6) is 0 Å². The van der Waals surface area contributed by atoms with Crippen LogP contribution in [-0.2, 0) is 22.4 Å². The monoisotopic (exact) mass is 470 g/mol. The molecule has 2 aromatic heterocycles. The van der Waals surface area contributed by atoms with E-state index < -0.39 is 0 Å². The maximum Gasteiger partial charge on any atom is 0.273 e. The smallest absolute Gasteiger partial charge is 0.273 e. The molecule has 0 saturated heterocycles. The summed E-state index contributed by atoms with van der Waals surface area (Å²) >= 11 is 0. The zero-order valence-corrected chi connectivity index (χ0v) is 21.9. The number of nitrogens with zero attached hydrogens (tertiary/aromatic N) is 1. The molecule has 0 unspecified atom stereocenters. The molecule has 0 radical (unpaired) electrons. The van der Waals surface area contributed by atoms with Crippen molar-refractivity contribution < 1.29 is 9.59 Å². The largest absolute Gasteiger partial charge is 0.355 e. The van der Waals surface area contributed by atoms with Crippen LogP contribution in [-0.4, -0.2) is 27.5 Å². The van der Waals surface area contributed by atoms with Crippen molar-refractivity contribution in [3.63, 3.8) is 0 Å². The Morgan fingerprint density at radius 1 is 0.686 bits per heavy atom. The van der Waals surface area contributed by atoms with Crippen molar-refractivity contribution in [2.45, 2.75) is 68.2 Å². The number of hydrogen-bond acceptors (Lipinski definition) is 2. The third-order valence-electron chi connectivity index (χ3n) is 7.51. The summed E-state index contributed by atoms with van der Waals surface area (Å²) < 4.78 is 0. The number of nitrogens with one attached hydrogen (secondary N) is 3. The number of amides is 2. The first kappa shape index (κ1) is 24.5. The van der Waals surface area contributed by atoms with Crippen LogP contribution in [0, 0.1) is 13.8 Å². The van der Waals surface area contributed by atoms with Crippen LogP contribution >= 0.6 is 0 Å². The summed E-state index contributed by atoms with van der Waals surface area (Å²) in [6.45, 7) is 16.1. The van der Waals surface area contributed by atoms with Gasteiger partial charge in [-0.1, -0.05) is 13.8 Å². The molecule has 0 fully saturated rings. The summed E-state index contributed by atoms with van der Waals surface area (Å²) in [6.07, 6.45) is 7.96. The molecule has 2 aliphatic rings. The Morgan fingerprint density at radius 3 is 1.91 bits per heavy atom. The fourth-order valence-corrected chi connectivity index (χ4v) is 4.83. The highest BCUT2D eigenvalue weighted by Crippen LogP contribution is 2.26. The summed E-state index contributed by atoms with van der Waals surface area (Å²) in [4.78, 5) is 35.4. The molecule has 2 aromatic rings. The molecule has 4 heterocycles. The van der Waals surface area contributed by atoms with E-state index in [9.17, 15) is 9.59 Å². The van der Waals surface area contributed by atoms with Crippen LogP contribution in [0.3, 0.4) is 0 Å². The van der Waals surface area contributed by atoms with E-state index in [1.165, 1.54) is 22.3 Å². The highest BCUT2D eigenvalue weighted by atomic mass is 16.2. The average Bonchev–Trinajstić information content (AvgIpc) is 3.45. The minimum atomic E-state index is -0.157. The van der Waals surface area contributed by atoms with Crippen molar-refractivity contribution in [1.82, 2.24) is 15.3 Å². The van der Waals surface area contributed by atoms with Gasteiger partial charge >= 0.3 is 0 Å². The quantitative estimate of drug-likeness (QED) is 0.620. The maximum absolute atomic E-state index is 12.1. The molecule has 0 aromatic carbocycles. The third kappa shape index (κ3) is 4.18. The third-order valence-corrected chi connectivity index (χ3v) is 7.51. The number of aromatic nitrogens is 2. The molecular weight excluding hydrogens is 436 g/mol. The summed E-state index contributed by atoms with van der Waals surface area (Å²) in [5, 5.41) is 4.99. The number of H-pyrrole nitrogens is 2. The van der Waals surface area contributed by atoms with Gasteiger partial charge in [0.1, 0.15) is 0 Å². The van der Waals surface area contributed by atoms with E-state index in [1.54, 1.807) is 0 Å². The van der Waals surface area contributed by atoms with E-state index in [0.717, 1.165) is 63.1 Å². The summed E-state index contributed by atoms with van der Waals surface area (Å²) in [7, 11) is 0. The van der Waals surface area contributed by atoms with Crippen LogP contribution in [0.4, 0.5) is 0 Å². The van der Waals surface area contributed by atoms with Gasteiger partial charge in [0.05, 0.1) is 5.71 Å². The van der Waals surface area contributed by atoms with Gasteiger partial charge < -0.3 is 15.3 Å². The fourth-order valence-electron chi connectivity index (χ4n) is 4.83. The topological polar surface area (TPSA) is 90.1 Å². The highest BCUT2D eigenvalue weighted by molar-refractivity contribution is 6.30.